The molecule has 136 valence electrons. The van der Waals surface area contributed by atoms with E-state index in [0.29, 0.717) is 5.13 Å². The lowest BCUT2D eigenvalue weighted by Crippen LogP contribution is -2.37. The van der Waals surface area contributed by atoms with Gasteiger partial charge in [0.1, 0.15) is 5.75 Å². The molecule has 6 heteroatoms. The van der Waals surface area contributed by atoms with Crippen molar-refractivity contribution in [2.45, 2.75) is 19.8 Å². The number of aromatic nitrogens is 1. The van der Waals surface area contributed by atoms with E-state index >= 15 is 0 Å². The van der Waals surface area contributed by atoms with E-state index in [9.17, 15) is 9.90 Å². The summed E-state index contributed by atoms with van der Waals surface area (Å²) in [5.74, 6) is -0.533. The smallest absolute Gasteiger partial charge is 0.232 e. The molecule has 1 atom stereocenters. The second-order valence-electron chi connectivity index (χ2n) is 6.72. The van der Waals surface area contributed by atoms with Gasteiger partial charge in [-0.25, -0.2) is 9.83 Å². The van der Waals surface area contributed by atoms with Gasteiger partial charge in [0.15, 0.2) is 5.13 Å². The van der Waals surface area contributed by atoms with Gasteiger partial charge in [0, 0.05) is 17.5 Å². The van der Waals surface area contributed by atoms with Crippen LogP contribution in [0.1, 0.15) is 30.9 Å². The molecule has 0 saturated carbocycles. The number of nitrogens with one attached hydrogen (secondary N) is 1. The molecule has 5 nitrogen and oxygen atoms in total. The molecule has 1 heterocycles. The number of anilines is 1. The molecule has 1 amide bonds. The average Bonchev–Trinajstić information content (AvgIpc) is 3.17. The Morgan fingerprint density at radius 2 is 1.96 bits per heavy atom. The van der Waals surface area contributed by atoms with E-state index in [-0.39, 0.29) is 23.3 Å². The molecule has 0 aliphatic carbocycles. The topological polar surface area (TPSA) is 66.6 Å². The molecule has 0 unspecified atom stereocenters. The lowest BCUT2D eigenvalue weighted by Gasteiger charge is -2.34. The van der Waals surface area contributed by atoms with Crippen LogP contribution in [0.2, 0.25) is 0 Å². The van der Waals surface area contributed by atoms with E-state index in [4.69, 9.17) is 6.57 Å². The third kappa shape index (κ3) is 3.83. The van der Waals surface area contributed by atoms with E-state index in [0.717, 1.165) is 11.1 Å². The van der Waals surface area contributed by atoms with Crippen LogP contribution in [0, 0.1) is 12.0 Å². The molecule has 3 rings (SSSR count). The number of rotatable bonds is 5. The van der Waals surface area contributed by atoms with Crippen LogP contribution in [0.25, 0.3) is 4.85 Å². The highest BCUT2D eigenvalue weighted by Gasteiger charge is 2.39. The zero-order valence-corrected chi connectivity index (χ0v) is 15.8. The number of hydrogen-bond donors (Lipinski definition) is 2. The van der Waals surface area contributed by atoms with Crippen molar-refractivity contribution in [1.29, 1.82) is 0 Å². The predicted molar refractivity (Wildman–Crippen MR) is 107 cm³/mol. The number of carbonyl (C=O) groups is 1. The van der Waals surface area contributed by atoms with Gasteiger partial charge < -0.3 is 10.4 Å². The fourth-order valence-electron chi connectivity index (χ4n) is 3.16. The minimum absolute atomic E-state index is 0.0643. The number of nitrogens with zero attached hydrogens (tertiary/aromatic N) is 2. The lowest BCUT2D eigenvalue weighted by molar-refractivity contribution is -0.124. The van der Waals surface area contributed by atoms with Crippen molar-refractivity contribution in [3.05, 3.63) is 82.7 Å². The minimum Gasteiger partial charge on any atom is -0.519 e. The Balaban J connectivity index is 2.07. The molecule has 0 aliphatic heterocycles. The summed E-state index contributed by atoms with van der Waals surface area (Å²) in [4.78, 5) is 20.6. The Morgan fingerprint density at radius 1 is 1.22 bits per heavy atom. The highest BCUT2D eigenvalue weighted by molar-refractivity contribution is 7.13. The van der Waals surface area contributed by atoms with Gasteiger partial charge in [-0.15, -0.1) is 11.3 Å². The second-order valence-corrected chi connectivity index (χ2v) is 7.61. The maximum Gasteiger partial charge on any atom is 0.232 e. The number of hydrogen-bond acceptors (Lipinski definition) is 4. The maximum atomic E-state index is 13.1. The van der Waals surface area contributed by atoms with Crippen LogP contribution in [0.3, 0.4) is 0 Å². The first-order valence-electron chi connectivity index (χ1n) is 8.39. The first kappa shape index (κ1) is 18.6. The normalized spacial score (nSPS) is 12.2. The van der Waals surface area contributed by atoms with Gasteiger partial charge in [-0.3, -0.25) is 4.79 Å². The van der Waals surface area contributed by atoms with Gasteiger partial charge in [-0.2, -0.15) is 0 Å². The van der Waals surface area contributed by atoms with E-state index in [1.807, 2.05) is 44.2 Å². The minimum atomic E-state index is -0.830. The second kappa shape index (κ2) is 7.60. The van der Waals surface area contributed by atoms with Gasteiger partial charge in [-0.1, -0.05) is 50.2 Å². The average molecular weight is 377 g/mol. The number of thiazole rings is 1. The summed E-state index contributed by atoms with van der Waals surface area (Å²) in [6.45, 7) is 11.0. The third-order valence-corrected chi connectivity index (χ3v) is 5.23. The lowest BCUT2D eigenvalue weighted by atomic mass is 9.70. The Bertz CT molecular complexity index is 976. The quantitative estimate of drug-likeness (QED) is 0.601. The zero-order chi connectivity index (χ0) is 19.4. The summed E-state index contributed by atoms with van der Waals surface area (Å²) in [5, 5.41) is 15.1. The molecule has 0 aliphatic rings. The molecule has 2 aromatic carbocycles. The highest BCUT2D eigenvalue weighted by atomic mass is 32.1. The molecule has 0 saturated heterocycles. The molecule has 1 aromatic heterocycles. The number of carbonyl (C=O) groups excluding carboxylic acids is 1. The number of aromatic hydroxyl groups is 1. The van der Waals surface area contributed by atoms with Crippen LogP contribution >= 0.6 is 11.3 Å². The van der Waals surface area contributed by atoms with Crippen molar-refractivity contribution in [2.24, 2.45) is 5.41 Å². The molecular weight excluding hydrogens is 358 g/mol. The first-order chi connectivity index (χ1) is 12.9. The van der Waals surface area contributed by atoms with Crippen LogP contribution < -0.4 is 5.32 Å². The largest absolute Gasteiger partial charge is 0.519 e. The summed E-state index contributed by atoms with van der Waals surface area (Å²) >= 11 is 1.36. The van der Waals surface area contributed by atoms with E-state index in [2.05, 4.69) is 15.1 Å². The van der Waals surface area contributed by atoms with Gasteiger partial charge in [0.25, 0.3) is 0 Å². The predicted octanol–water partition coefficient (Wildman–Crippen LogP) is 5.20. The molecule has 27 heavy (non-hydrogen) atoms. The number of phenolic OH excluding ortho intramolecular Hbond substituents is 1. The number of phenols is 1. The monoisotopic (exact) mass is 377 g/mol. The van der Waals surface area contributed by atoms with Crippen LogP contribution in [0.15, 0.2) is 60.1 Å². The summed E-state index contributed by atoms with van der Waals surface area (Å²) < 4.78 is 0. The summed E-state index contributed by atoms with van der Waals surface area (Å²) in [5.41, 5.74) is 1.09. The Hall–Kier alpha value is -3.17. The first-order valence-corrected chi connectivity index (χ1v) is 9.27. The summed E-state index contributed by atoms with van der Waals surface area (Å²) in [7, 11) is 0. The van der Waals surface area contributed by atoms with Gasteiger partial charge in [0.05, 0.1) is 12.0 Å². The maximum absolute atomic E-state index is 13.1. The van der Waals surface area contributed by atoms with Crippen molar-refractivity contribution in [1.82, 2.24) is 4.98 Å². The van der Waals surface area contributed by atoms with Gasteiger partial charge in [-0.05, 0) is 23.3 Å². The van der Waals surface area contributed by atoms with Crippen LogP contribution in [-0.2, 0) is 4.79 Å². The van der Waals surface area contributed by atoms with E-state index < -0.39 is 5.41 Å². The van der Waals surface area contributed by atoms with Gasteiger partial charge >= 0.3 is 0 Å². The standard InChI is InChI=1S/C21H19N3O2S/c1-21(2,19(26)24-20-23-11-12-27-20)18(14-7-5-4-6-8-14)15-9-10-17(25)16(13-15)22-3/h4-13,18,25H,1-2H3,(H,23,24,26)/t18-/m0/s1. The fraction of sp³-hybridized carbons (Fsp3) is 0.190. The molecule has 0 radical (unpaired) electrons. The molecule has 0 fully saturated rings. The van der Waals surface area contributed by atoms with Crippen molar-refractivity contribution >= 4 is 28.1 Å². The van der Waals surface area contributed by atoms with Crippen LogP contribution in [0.4, 0.5) is 10.8 Å². The highest BCUT2D eigenvalue weighted by Crippen LogP contribution is 2.44. The Kier molecular flexibility index (Phi) is 5.24. The van der Waals surface area contributed by atoms with Gasteiger partial charge in [0.2, 0.25) is 11.6 Å². The fourth-order valence-corrected chi connectivity index (χ4v) is 3.68. The zero-order valence-electron chi connectivity index (χ0n) is 15.0. The van der Waals surface area contributed by atoms with E-state index in [1.165, 1.54) is 17.4 Å². The molecule has 0 bridgehead atoms. The van der Waals surface area contributed by atoms with Crippen molar-refractivity contribution < 1.29 is 9.90 Å². The van der Waals surface area contributed by atoms with Crippen molar-refractivity contribution in [3.63, 3.8) is 0 Å². The van der Waals surface area contributed by atoms with Crippen molar-refractivity contribution in [3.8, 4) is 5.75 Å². The third-order valence-electron chi connectivity index (χ3n) is 4.55. The van der Waals surface area contributed by atoms with Crippen LogP contribution in [-0.4, -0.2) is 16.0 Å². The number of amides is 1. The summed E-state index contributed by atoms with van der Waals surface area (Å²) in [6.07, 6.45) is 1.64. The Labute approximate surface area is 162 Å². The Morgan fingerprint density at radius 3 is 2.59 bits per heavy atom. The van der Waals surface area contributed by atoms with E-state index in [1.54, 1.807) is 23.7 Å². The molecular formula is C21H19N3O2S. The molecule has 3 aromatic rings. The van der Waals surface area contributed by atoms with Crippen molar-refractivity contribution in [2.75, 3.05) is 5.32 Å². The number of benzene rings is 2. The SMILES string of the molecule is [C-]#[N+]c1cc([C@H](c2ccccc2)C(C)(C)C(=O)Nc2nccs2)ccc1O. The van der Waals surface area contributed by atoms with Crippen LogP contribution in [0.5, 0.6) is 5.75 Å². The molecule has 0 spiro atoms. The summed E-state index contributed by atoms with van der Waals surface area (Å²) in [6, 6.07) is 14.6. The molecule has 2 N–H and O–H groups in total.